The van der Waals surface area contributed by atoms with E-state index in [2.05, 4.69) is 0 Å². The number of benzene rings is 1. The molecule has 0 amide bonds. The lowest BCUT2D eigenvalue weighted by molar-refractivity contribution is 0.464. The van der Waals surface area contributed by atoms with Crippen LogP contribution in [0, 0.1) is 17.5 Å². The van der Waals surface area contributed by atoms with Crippen molar-refractivity contribution in [1.29, 1.82) is 0 Å². The Hall–Kier alpha value is -0.840. The molecule has 0 aromatic heterocycles. The number of rotatable bonds is 1. The molecule has 0 radical (unpaired) electrons. The highest BCUT2D eigenvalue weighted by atomic mass is 32.2. The largest absolute Gasteiger partial charge is 0.254 e. The summed E-state index contributed by atoms with van der Waals surface area (Å²) in [6, 6.07) is 1.40. The molecule has 1 rings (SSSR count). The lowest BCUT2D eigenvalue weighted by Gasteiger charge is -2.00. The van der Waals surface area contributed by atoms with Gasteiger partial charge in [-0.2, -0.15) is 0 Å². The van der Waals surface area contributed by atoms with Gasteiger partial charge in [0, 0.05) is 6.26 Å². The molecule has 1 aromatic rings. The van der Waals surface area contributed by atoms with Crippen LogP contribution < -0.4 is 0 Å². The minimum Gasteiger partial charge on any atom is -0.254 e. The molecular formula is C7H5F3OS. The van der Waals surface area contributed by atoms with Crippen molar-refractivity contribution in [2.75, 3.05) is 6.26 Å². The van der Waals surface area contributed by atoms with Crippen molar-refractivity contribution in [2.24, 2.45) is 0 Å². The summed E-state index contributed by atoms with van der Waals surface area (Å²) >= 11 is 0. The second-order valence-corrected chi connectivity index (χ2v) is 3.44. The fourth-order valence-corrected chi connectivity index (χ4v) is 1.46. The first-order chi connectivity index (χ1) is 5.54. The highest BCUT2D eigenvalue weighted by molar-refractivity contribution is 7.84. The Labute approximate surface area is 69.7 Å². The molecular weight excluding hydrogens is 189 g/mol. The number of hydrogen-bond donors (Lipinski definition) is 0. The maximum atomic E-state index is 12.7. The summed E-state index contributed by atoms with van der Waals surface area (Å²) in [7, 11) is -1.85. The predicted molar refractivity (Wildman–Crippen MR) is 38.6 cm³/mol. The van der Waals surface area contributed by atoms with Gasteiger partial charge in [0.05, 0.1) is 10.8 Å². The molecule has 0 heterocycles. The van der Waals surface area contributed by atoms with Crippen LogP contribution in [0.2, 0.25) is 0 Å². The number of hydrogen-bond acceptors (Lipinski definition) is 1. The molecule has 1 nitrogen and oxygen atoms in total. The standard InChI is InChI=1S/C7H5F3OS/c1-12(11)7-5(9)3-2-4(8)6(7)10/h2-3H,1H3. The maximum absolute atomic E-state index is 12.7. The van der Waals surface area contributed by atoms with Crippen molar-refractivity contribution in [3.05, 3.63) is 29.6 Å². The van der Waals surface area contributed by atoms with Crippen LogP contribution in [-0.4, -0.2) is 10.5 Å². The van der Waals surface area contributed by atoms with Crippen LogP contribution in [0.1, 0.15) is 0 Å². The second-order valence-electron chi connectivity index (χ2n) is 2.13. The molecule has 0 fully saturated rings. The van der Waals surface area contributed by atoms with Gasteiger partial charge in [-0.1, -0.05) is 0 Å². The number of halogens is 3. The van der Waals surface area contributed by atoms with Gasteiger partial charge in [-0.25, -0.2) is 13.2 Å². The molecule has 66 valence electrons. The Morgan fingerprint density at radius 2 is 1.67 bits per heavy atom. The van der Waals surface area contributed by atoms with E-state index in [9.17, 15) is 17.4 Å². The van der Waals surface area contributed by atoms with Gasteiger partial charge in [-0.3, -0.25) is 4.21 Å². The van der Waals surface area contributed by atoms with Crippen molar-refractivity contribution in [2.45, 2.75) is 4.90 Å². The van der Waals surface area contributed by atoms with E-state index in [0.29, 0.717) is 6.07 Å². The normalized spacial score (nSPS) is 13.0. The molecule has 0 aliphatic rings. The molecule has 0 saturated carbocycles. The summed E-state index contributed by atoms with van der Waals surface area (Å²) in [6.45, 7) is 0. The van der Waals surface area contributed by atoms with Gasteiger partial charge in [0.1, 0.15) is 10.7 Å². The van der Waals surface area contributed by atoms with Crippen LogP contribution in [0.4, 0.5) is 13.2 Å². The summed E-state index contributed by atoms with van der Waals surface area (Å²) in [5.41, 5.74) is 0. The predicted octanol–water partition coefficient (Wildman–Crippen LogP) is 1.84. The maximum Gasteiger partial charge on any atom is 0.177 e. The Morgan fingerprint density at radius 3 is 2.08 bits per heavy atom. The molecule has 1 unspecified atom stereocenters. The van der Waals surface area contributed by atoms with Crippen molar-refractivity contribution in [1.82, 2.24) is 0 Å². The quantitative estimate of drug-likeness (QED) is 0.623. The third kappa shape index (κ3) is 1.50. The monoisotopic (exact) mass is 194 g/mol. The topological polar surface area (TPSA) is 17.1 Å². The summed E-state index contributed by atoms with van der Waals surface area (Å²) in [6.07, 6.45) is 1.08. The molecule has 0 spiro atoms. The first-order valence-electron chi connectivity index (χ1n) is 3.01. The highest BCUT2D eigenvalue weighted by Gasteiger charge is 2.16. The van der Waals surface area contributed by atoms with E-state index >= 15 is 0 Å². The van der Waals surface area contributed by atoms with E-state index in [1.807, 2.05) is 0 Å². The highest BCUT2D eigenvalue weighted by Crippen LogP contribution is 2.18. The zero-order valence-corrected chi connectivity index (χ0v) is 6.92. The van der Waals surface area contributed by atoms with E-state index in [4.69, 9.17) is 0 Å². The molecule has 1 aromatic carbocycles. The van der Waals surface area contributed by atoms with Crippen LogP contribution >= 0.6 is 0 Å². The third-order valence-electron chi connectivity index (χ3n) is 1.29. The van der Waals surface area contributed by atoms with Gasteiger partial charge < -0.3 is 0 Å². The Balaban J connectivity index is 3.43. The minimum atomic E-state index is -1.85. The second kappa shape index (κ2) is 3.26. The van der Waals surface area contributed by atoms with E-state index in [1.54, 1.807) is 0 Å². The molecule has 12 heavy (non-hydrogen) atoms. The van der Waals surface area contributed by atoms with Gasteiger partial charge in [0.15, 0.2) is 11.6 Å². The summed E-state index contributed by atoms with van der Waals surface area (Å²) in [4.78, 5) is -0.713. The molecule has 0 saturated heterocycles. The van der Waals surface area contributed by atoms with E-state index < -0.39 is 33.1 Å². The molecule has 0 N–H and O–H groups in total. The van der Waals surface area contributed by atoms with Crippen molar-refractivity contribution in [3.63, 3.8) is 0 Å². The Bertz CT molecular complexity index is 338. The van der Waals surface area contributed by atoms with Crippen LogP contribution in [0.25, 0.3) is 0 Å². The van der Waals surface area contributed by atoms with Gasteiger partial charge >= 0.3 is 0 Å². The van der Waals surface area contributed by atoms with Crippen LogP contribution in [-0.2, 0) is 10.8 Å². The van der Waals surface area contributed by atoms with Crippen LogP contribution in [0.3, 0.4) is 0 Å². The van der Waals surface area contributed by atoms with Crippen LogP contribution in [0.5, 0.6) is 0 Å². The Kier molecular flexibility index (Phi) is 2.52. The Morgan fingerprint density at radius 1 is 1.17 bits per heavy atom. The van der Waals surface area contributed by atoms with E-state index in [1.165, 1.54) is 0 Å². The molecule has 0 bridgehead atoms. The smallest absolute Gasteiger partial charge is 0.177 e. The van der Waals surface area contributed by atoms with Gasteiger partial charge in [0.25, 0.3) is 0 Å². The average molecular weight is 194 g/mol. The fourth-order valence-electron chi connectivity index (χ4n) is 0.772. The summed E-state index contributed by atoms with van der Waals surface area (Å²) in [5.74, 6) is -3.56. The fraction of sp³-hybridized carbons (Fsp3) is 0.143. The lowest BCUT2D eigenvalue weighted by atomic mass is 10.3. The van der Waals surface area contributed by atoms with Crippen molar-refractivity contribution < 1.29 is 17.4 Å². The SMILES string of the molecule is CS(=O)c1c(F)ccc(F)c1F. The molecule has 0 aliphatic heterocycles. The third-order valence-corrected chi connectivity index (χ3v) is 2.24. The van der Waals surface area contributed by atoms with Gasteiger partial charge in [-0.05, 0) is 12.1 Å². The van der Waals surface area contributed by atoms with Crippen molar-refractivity contribution >= 4 is 10.8 Å². The minimum absolute atomic E-state index is 0.654. The zero-order valence-electron chi connectivity index (χ0n) is 6.11. The summed E-state index contributed by atoms with van der Waals surface area (Å²) in [5, 5.41) is 0. The van der Waals surface area contributed by atoms with Gasteiger partial charge in [-0.15, -0.1) is 0 Å². The first kappa shape index (κ1) is 9.25. The van der Waals surface area contributed by atoms with Gasteiger partial charge in [0.2, 0.25) is 0 Å². The zero-order chi connectivity index (χ0) is 9.30. The van der Waals surface area contributed by atoms with E-state index in [-0.39, 0.29) is 0 Å². The first-order valence-corrected chi connectivity index (χ1v) is 4.56. The van der Waals surface area contributed by atoms with Crippen molar-refractivity contribution in [3.8, 4) is 0 Å². The molecule has 5 heteroatoms. The van der Waals surface area contributed by atoms with E-state index in [0.717, 1.165) is 12.3 Å². The molecule has 0 aliphatic carbocycles. The lowest BCUT2D eigenvalue weighted by Crippen LogP contribution is -1.99. The average Bonchev–Trinajstić information content (AvgIpc) is 1.97. The summed E-state index contributed by atoms with van der Waals surface area (Å²) < 4.78 is 48.5. The molecule has 1 atom stereocenters. The van der Waals surface area contributed by atoms with Crippen LogP contribution in [0.15, 0.2) is 17.0 Å².